The van der Waals surface area contributed by atoms with Gasteiger partial charge in [-0.25, -0.2) is 0 Å². The maximum Gasteiger partial charge on any atom is 0.141 e. The maximum absolute atomic E-state index is 8.86. The van der Waals surface area contributed by atoms with Crippen LogP contribution in [0.2, 0.25) is 0 Å². The molecule has 0 saturated heterocycles. The van der Waals surface area contributed by atoms with Crippen molar-refractivity contribution >= 4 is 0 Å². The lowest BCUT2D eigenvalue weighted by Gasteiger charge is -2.05. The highest BCUT2D eigenvalue weighted by molar-refractivity contribution is 5.30. The van der Waals surface area contributed by atoms with Gasteiger partial charge in [0.1, 0.15) is 11.8 Å². The molecule has 0 aliphatic carbocycles. The highest BCUT2D eigenvalue weighted by Crippen LogP contribution is 2.12. The Morgan fingerprint density at radius 2 is 2.33 bits per heavy atom. The Bertz CT molecular complexity index is 304. The van der Waals surface area contributed by atoms with Crippen LogP contribution in [0.4, 0.5) is 0 Å². The van der Waals surface area contributed by atoms with Gasteiger partial charge in [0.05, 0.1) is 6.20 Å². The number of hydrogen-bond donors (Lipinski definition) is 0. The molecule has 1 aromatic rings. The molecular formula is C9H13N3. The van der Waals surface area contributed by atoms with Crippen LogP contribution in [0.5, 0.6) is 0 Å². The van der Waals surface area contributed by atoms with Crippen molar-refractivity contribution < 1.29 is 0 Å². The van der Waals surface area contributed by atoms with Gasteiger partial charge in [0.25, 0.3) is 0 Å². The minimum Gasteiger partial charge on any atom is -0.252 e. The Balaban J connectivity index is 3.16. The highest BCUT2D eigenvalue weighted by atomic mass is 15.3. The second-order valence-electron chi connectivity index (χ2n) is 3.02. The van der Waals surface area contributed by atoms with Gasteiger partial charge in [-0.05, 0) is 20.3 Å². The third-order valence-corrected chi connectivity index (χ3v) is 1.85. The van der Waals surface area contributed by atoms with Crippen LogP contribution < -0.4 is 0 Å². The second kappa shape index (κ2) is 3.40. The van der Waals surface area contributed by atoms with Crippen molar-refractivity contribution in [2.24, 2.45) is 0 Å². The van der Waals surface area contributed by atoms with Gasteiger partial charge < -0.3 is 0 Å². The molecule has 3 heteroatoms. The summed E-state index contributed by atoms with van der Waals surface area (Å²) in [4.78, 5) is 0. The molecular weight excluding hydrogens is 150 g/mol. The summed E-state index contributed by atoms with van der Waals surface area (Å²) in [5.41, 5.74) is 1.73. The van der Waals surface area contributed by atoms with Crippen molar-refractivity contribution in [3.8, 4) is 6.07 Å². The van der Waals surface area contributed by atoms with E-state index in [0.29, 0.717) is 5.69 Å². The van der Waals surface area contributed by atoms with Crippen molar-refractivity contribution in [2.45, 2.75) is 33.2 Å². The summed E-state index contributed by atoms with van der Waals surface area (Å²) in [5, 5.41) is 13.0. The van der Waals surface area contributed by atoms with Gasteiger partial charge in [-0.2, -0.15) is 10.4 Å². The lowest BCUT2D eigenvalue weighted by atomic mass is 10.2. The molecule has 0 unspecified atom stereocenters. The minimum absolute atomic E-state index is 0.264. The van der Waals surface area contributed by atoms with Crippen molar-refractivity contribution in [1.29, 1.82) is 5.26 Å². The Morgan fingerprint density at radius 1 is 1.67 bits per heavy atom. The monoisotopic (exact) mass is 163 g/mol. The Hall–Kier alpha value is -1.30. The summed E-state index contributed by atoms with van der Waals surface area (Å²) in [6.07, 6.45) is 2.65. The first kappa shape index (κ1) is 8.79. The van der Waals surface area contributed by atoms with Gasteiger partial charge in [-0.1, -0.05) is 6.92 Å². The van der Waals surface area contributed by atoms with Gasteiger partial charge in [0, 0.05) is 11.6 Å². The molecule has 0 fully saturated rings. The summed E-state index contributed by atoms with van der Waals surface area (Å²) in [7, 11) is 0. The van der Waals surface area contributed by atoms with Crippen LogP contribution in [-0.2, 0) is 6.42 Å². The molecule has 1 heterocycles. The number of nitrogens with zero attached hydrogens (tertiary/aromatic N) is 3. The summed E-state index contributed by atoms with van der Waals surface area (Å²) in [6, 6.07) is 2.44. The number of rotatable bonds is 2. The van der Waals surface area contributed by atoms with Gasteiger partial charge in [-0.15, -0.1) is 0 Å². The summed E-state index contributed by atoms with van der Waals surface area (Å²) in [5.74, 6) is 0. The van der Waals surface area contributed by atoms with E-state index in [2.05, 4.69) is 11.2 Å². The summed E-state index contributed by atoms with van der Waals surface area (Å²) < 4.78 is 1.76. The lowest BCUT2D eigenvalue weighted by molar-refractivity contribution is 0.526. The zero-order chi connectivity index (χ0) is 9.14. The van der Waals surface area contributed by atoms with Crippen LogP contribution in [-0.4, -0.2) is 9.78 Å². The van der Waals surface area contributed by atoms with Crippen LogP contribution >= 0.6 is 0 Å². The lowest BCUT2D eigenvalue weighted by Crippen LogP contribution is -2.05. The number of aromatic nitrogens is 2. The quantitative estimate of drug-likeness (QED) is 0.668. The number of nitriles is 1. The molecule has 0 bridgehead atoms. The summed E-state index contributed by atoms with van der Waals surface area (Å²) >= 11 is 0. The van der Waals surface area contributed by atoms with Crippen molar-refractivity contribution in [2.75, 3.05) is 0 Å². The molecule has 0 radical (unpaired) electrons. The standard InChI is InChI=1S/C9H13N3/c1-4-8-6-11-12(7(2)3)9(8)5-10/h6-7H,4H2,1-3H3. The molecule has 0 aromatic carbocycles. The first-order valence-electron chi connectivity index (χ1n) is 4.17. The predicted molar refractivity (Wildman–Crippen MR) is 46.7 cm³/mol. The highest BCUT2D eigenvalue weighted by Gasteiger charge is 2.10. The third-order valence-electron chi connectivity index (χ3n) is 1.85. The average Bonchev–Trinajstić information content (AvgIpc) is 2.46. The molecule has 3 nitrogen and oxygen atoms in total. The van der Waals surface area contributed by atoms with E-state index in [-0.39, 0.29) is 6.04 Å². The van der Waals surface area contributed by atoms with E-state index in [4.69, 9.17) is 5.26 Å². The van der Waals surface area contributed by atoms with Crippen LogP contribution in [0.1, 0.15) is 38.1 Å². The van der Waals surface area contributed by atoms with Gasteiger partial charge in [0.15, 0.2) is 0 Å². The minimum atomic E-state index is 0.264. The van der Waals surface area contributed by atoms with Gasteiger partial charge in [0.2, 0.25) is 0 Å². The van der Waals surface area contributed by atoms with Crippen LogP contribution in [0.25, 0.3) is 0 Å². The molecule has 1 aromatic heterocycles. The smallest absolute Gasteiger partial charge is 0.141 e. The number of aryl methyl sites for hydroxylation is 1. The molecule has 0 N–H and O–H groups in total. The van der Waals surface area contributed by atoms with Gasteiger partial charge in [-0.3, -0.25) is 4.68 Å². The molecule has 0 aliphatic rings. The Morgan fingerprint density at radius 3 is 2.75 bits per heavy atom. The van der Waals surface area contributed by atoms with E-state index in [0.717, 1.165) is 12.0 Å². The van der Waals surface area contributed by atoms with E-state index in [9.17, 15) is 0 Å². The first-order valence-corrected chi connectivity index (χ1v) is 4.17. The first-order chi connectivity index (χ1) is 5.70. The average molecular weight is 163 g/mol. The van der Waals surface area contributed by atoms with Crippen molar-refractivity contribution in [1.82, 2.24) is 9.78 Å². The topological polar surface area (TPSA) is 41.6 Å². The zero-order valence-electron chi connectivity index (χ0n) is 7.70. The molecule has 1 rings (SSSR count). The predicted octanol–water partition coefficient (Wildman–Crippen LogP) is 1.90. The van der Waals surface area contributed by atoms with Crippen molar-refractivity contribution in [3.05, 3.63) is 17.5 Å². The Kier molecular flexibility index (Phi) is 2.49. The van der Waals surface area contributed by atoms with E-state index in [1.807, 2.05) is 20.8 Å². The molecule has 0 atom stereocenters. The van der Waals surface area contributed by atoms with E-state index in [1.165, 1.54) is 0 Å². The molecule has 64 valence electrons. The number of hydrogen-bond acceptors (Lipinski definition) is 2. The van der Waals surface area contributed by atoms with Crippen LogP contribution in [0, 0.1) is 11.3 Å². The normalized spacial score (nSPS) is 10.2. The SMILES string of the molecule is CCc1cnn(C(C)C)c1C#N. The van der Waals surface area contributed by atoms with Crippen LogP contribution in [0.15, 0.2) is 6.20 Å². The zero-order valence-corrected chi connectivity index (χ0v) is 7.70. The van der Waals surface area contributed by atoms with Crippen LogP contribution in [0.3, 0.4) is 0 Å². The Labute approximate surface area is 72.6 Å². The van der Waals surface area contributed by atoms with E-state index >= 15 is 0 Å². The molecule has 0 amide bonds. The fourth-order valence-corrected chi connectivity index (χ4v) is 1.17. The fourth-order valence-electron chi connectivity index (χ4n) is 1.17. The van der Waals surface area contributed by atoms with E-state index < -0.39 is 0 Å². The fraction of sp³-hybridized carbons (Fsp3) is 0.556. The second-order valence-corrected chi connectivity index (χ2v) is 3.02. The maximum atomic E-state index is 8.86. The molecule has 12 heavy (non-hydrogen) atoms. The third kappa shape index (κ3) is 1.33. The summed E-state index contributed by atoms with van der Waals surface area (Å²) in [6.45, 7) is 6.07. The molecule has 0 aliphatic heterocycles. The van der Waals surface area contributed by atoms with E-state index in [1.54, 1.807) is 10.9 Å². The molecule has 0 spiro atoms. The largest absolute Gasteiger partial charge is 0.252 e. The van der Waals surface area contributed by atoms with Crippen molar-refractivity contribution in [3.63, 3.8) is 0 Å². The van der Waals surface area contributed by atoms with Gasteiger partial charge >= 0.3 is 0 Å². The molecule has 0 saturated carbocycles.